The zero-order valence-corrected chi connectivity index (χ0v) is 16.9. The van der Waals surface area contributed by atoms with Crippen molar-refractivity contribution in [1.82, 2.24) is 10.6 Å². The molecule has 0 bridgehead atoms. The van der Waals surface area contributed by atoms with Gasteiger partial charge in [0.2, 0.25) is 5.91 Å². The molecule has 0 saturated heterocycles. The normalized spacial score (nSPS) is 11.9. The van der Waals surface area contributed by atoms with Gasteiger partial charge >= 0.3 is 0 Å². The predicted molar refractivity (Wildman–Crippen MR) is 107 cm³/mol. The van der Waals surface area contributed by atoms with Crippen LogP contribution < -0.4 is 10.6 Å². The summed E-state index contributed by atoms with van der Waals surface area (Å²) >= 11 is 1.60. The van der Waals surface area contributed by atoms with Crippen molar-refractivity contribution >= 4 is 23.6 Å². The number of aryl methyl sites for hydroxylation is 1. The Bertz CT molecular complexity index is 805. The van der Waals surface area contributed by atoms with E-state index >= 15 is 0 Å². The Morgan fingerprint density at radius 3 is 2.21 bits per heavy atom. The van der Waals surface area contributed by atoms with Gasteiger partial charge in [0.25, 0.3) is 5.91 Å². The summed E-state index contributed by atoms with van der Waals surface area (Å²) in [7, 11) is 0. The van der Waals surface area contributed by atoms with Crippen LogP contribution in [0.1, 0.15) is 29.8 Å². The highest BCUT2D eigenvalue weighted by Gasteiger charge is 2.27. The molecule has 0 spiro atoms. The Kier molecular flexibility index (Phi) is 7.99. The number of hydrogen-bond donors (Lipinski definition) is 2. The molecule has 0 aromatic heterocycles. The van der Waals surface area contributed by atoms with Crippen molar-refractivity contribution in [3.8, 4) is 0 Å². The number of benzene rings is 2. The van der Waals surface area contributed by atoms with E-state index in [9.17, 15) is 18.4 Å². The van der Waals surface area contributed by atoms with Gasteiger partial charge in [0.1, 0.15) is 23.2 Å². The fourth-order valence-electron chi connectivity index (χ4n) is 2.55. The fourth-order valence-corrected chi connectivity index (χ4v) is 3.32. The molecule has 2 aromatic rings. The summed E-state index contributed by atoms with van der Waals surface area (Å²) in [5.74, 6) is -2.84. The van der Waals surface area contributed by atoms with Crippen LogP contribution in [0.5, 0.6) is 0 Å². The molecule has 0 aliphatic rings. The SMILES string of the molecule is Cc1ccc(SCCNC(=O)[C@@H](NC(=O)c2c(F)cccc2F)C(C)C)cc1. The van der Waals surface area contributed by atoms with Crippen LogP contribution in [-0.2, 0) is 4.79 Å². The molecule has 150 valence electrons. The van der Waals surface area contributed by atoms with Crippen molar-refractivity contribution in [3.05, 3.63) is 65.2 Å². The number of nitrogens with one attached hydrogen (secondary N) is 2. The van der Waals surface area contributed by atoms with Gasteiger partial charge in [-0.05, 0) is 37.1 Å². The summed E-state index contributed by atoms with van der Waals surface area (Å²) in [4.78, 5) is 25.8. The predicted octanol–water partition coefficient (Wildman–Crippen LogP) is 3.94. The van der Waals surface area contributed by atoms with E-state index in [0.717, 1.165) is 17.0 Å². The van der Waals surface area contributed by atoms with Crippen molar-refractivity contribution in [2.75, 3.05) is 12.3 Å². The van der Waals surface area contributed by atoms with Crippen LogP contribution in [0.3, 0.4) is 0 Å². The zero-order chi connectivity index (χ0) is 20.7. The Balaban J connectivity index is 1.90. The molecule has 0 aliphatic heterocycles. The standard InChI is InChI=1S/C21H24F2N2O2S/c1-13(2)19(25-20(26)18-16(22)5-4-6-17(18)23)21(27)24-11-12-28-15-9-7-14(3)8-10-15/h4-10,13,19H,11-12H2,1-3H3,(H,24,27)(H,25,26)/t19-/m0/s1. The number of rotatable bonds is 8. The maximum absolute atomic E-state index is 13.8. The molecule has 2 aromatic carbocycles. The van der Waals surface area contributed by atoms with E-state index in [1.54, 1.807) is 25.6 Å². The van der Waals surface area contributed by atoms with Crippen molar-refractivity contribution in [2.24, 2.45) is 5.92 Å². The molecule has 7 heteroatoms. The van der Waals surface area contributed by atoms with E-state index < -0.39 is 29.1 Å². The average molecular weight is 406 g/mol. The molecule has 2 rings (SSSR count). The molecule has 0 radical (unpaired) electrons. The highest BCUT2D eigenvalue weighted by molar-refractivity contribution is 7.99. The quantitative estimate of drug-likeness (QED) is 0.516. The molecule has 28 heavy (non-hydrogen) atoms. The Morgan fingerprint density at radius 1 is 1.04 bits per heavy atom. The van der Waals surface area contributed by atoms with Crippen molar-refractivity contribution in [3.63, 3.8) is 0 Å². The third-order valence-corrected chi connectivity index (χ3v) is 5.13. The molecule has 0 heterocycles. The fraction of sp³-hybridized carbons (Fsp3) is 0.333. The van der Waals surface area contributed by atoms with Crippen LogP contribution in [0.4, 0.5) is 8.78 Å². The minimum absolute atomic E-state index is 0.247. The van der Waals surface area contributed by atoms with Crippen LogP contribution in [0, 0.1) is 24.5 Å². The lowest BCUT2D eigenvalue weighted by Gasteiger charge is -2.22. The van der Waals surface area contributed by atoms with Crippen LogP contribution in [0.2, 0.25) is 0 Å². The second-order valence-electron chi connectivity index (χ2n) is 6.74. The minimum Gasteiger partial charge on any atom is -0.353 e. The topological polar surface area (TPSA) is 58.2 Å². The lowest BCUT2D eigenvalue weighted by Crippen LogP contribution is -2.50. The van der Waals surface area contributed by atoms with Crippen LogP contribution in [-0.4, -0.2) is 30.2 Å². The summed E-state index contributed by atoms with van der Waals surface area (Å²) in [5, 5.41) is 5.21. The van der Waals surface area contributed by atoms with E-state index in [4.69, 9.17) is 0 Å². The maximum Gasteiger partial charge on any atom is 0.257 e. The first-order chi connectivity index (χ1) is 13.3. The molecule has 0 saturated carbocycles. The molecule has 0 aliphatic carbocycles. The van der Waals surface area contributed by atoms with E-state index in [1.165, 1.54) is 11.6 Å². The lowest BCUT2D eigenvalue weighted by atomic mass is 10.0. The van der Waals surface area contributed by atoms with Gasteiger partial charge < -0.3 is 10.6 Å². The third kappa shape index (κ3) is 6.05. The number of amides is 2. The first-order valence-corrected chi connectivity index (χ1v) is 10.00. The van der Waals surface area contributed by atoms with Gasteiger partial charge in [-0.15, -0.1) is 11.8 Å². The average Bonchev–Trinajstić information content (AvgIpc) is 2.64. The van der Waals surface area contributed by atoms with Crippen LogP contribution >= 0.6 is 11.8 Å². The van der Waals surface area contributed by atoms with Gasteiger partial charge in [-0.3, -0.25) is 9.59 Å². The van der Waals surface area contributed by atoms with E-state index in [2.05, 4.69) is 10.6 Å². The minimum atomic E-state index is -0.963. The molecule has 4 nitrogen and oxygen atoms in total. The molecule has 1 atom stereocenters. The number of hydrogen-bond acceptors (Lipinski definition) is 3. The van der Waals surface area contributed by atoms with Crippen molar-refractivity contribution in [1.29, 1.82) is 0 Å². The Labute approximate surface area is 168 Å². The maximum atomic E-state index is 13.8. The number of thioether (sulfide) groups is 1. The van der Waals surface area contributed by atoms with Crippen LogP contribution in [0.15, 0.2) is 47.4 Å². The second-order valence-corrected chi connectivity index (χ2v) is 7.91. The van der Waals surface area contributed by atoms with E-state index in [1.807, 2.05) is 31.2 Å². The summed E-state index contributed by atoms with van der Waals surface area (Å²) < 4.78 is 27.6. The van der Waals surface area contributed by atoms with Crippen molar-refractivity contribution in [2.45, 2.75) is 31.7 Å². The smallest absolute Gasteiger partial charge is 0.257 e. The van der Waals surface area contributed by atoms with Crippen LogP contribution in [0.25, 0.3) is 0 Å². The highest BCUT2D eigenvalue weighted by Crippen LogP contribution is 2.17. The van der Waals surface area contributed by atoms with Gasteiger partial charge in [0, 0.05) is 17.2 Å². The summed E-state index contributed by atoms with van der Waals surface area (Å²) in [6.45, 7) is 5.93. The first-order valence-electron chi connectivity index (χ1n) is 9.01. The molecule has 2 N–H and O–H groups in total. The van der Waals surface area contributed by atoms with E-state index in [0.29, 0.717) is 12.3 Å². The first kappa shape index (κ1) is 21.9. The summed E-state index contributed by atoms with van der Waals surface area (Å²) in [6, 6.07) is 10.4. The molecule has 0 fully saturated rings. The van der Waals surface area contributed by atoms with Gasteiger partial charge in [-0.25, -0.2) is 8.78 Å². The van der Waals surface area contributed by atoms with E-state index in [-0.39, 0.29) is 11.8 Å². The number of halogens is 2. The number of carbonyl (C=O) groups excluding carboxylic acids is 2. The van der Waals surface area contributed by atoms with Gasteiger partial charge in [-0.2, -0.15) is 0 Å². The number of carbonyl (C=O) groups is 2. The molecule has 0 unspecified atom stereocenters. The second kappa shape index (κ2) is 10.2. The molecular weight excluding hydrogens is 382 g/mol. The Morgan fingerprint density at radius 2 is 1.64 bits per heavy atom. The van der Waals surface area contributed by atoms with Gasteiger partial charge in [-0.1, -0.05) is 37.6 Å². The molecular formula is C21H24F2N2O2S. The molecule has 2 amide bonds. The lowest BCUT2D eigenvalue weighted by molar-refractivity contribution is -0.123. The largest absolute Gasteiger partial charge is 0.353 e. The zero-order valence-electron chi connectivity index (χ0n) is 16.1. The summed E-state index contributed by atoms with van der Waals surface area (Å²) in [5.41, 5.74) is 0.496. The van der Waals surface area contributed by atoms with Crippen molar-refractivity contribution < 1.29 is 18.4 Å². The highest BCUT2D eigenvalue weighted by atomic mass is 32.2. The van der Waals surface area contributed by atoms with Gasteiger partial charge in [0.05, 0.1) is 0 Å². The monoisotopic (exact) mass is 406 g/mol. The summed E-state index contributed by atoms with van der Waals surface area (Å²) in [6.07, 6.45) is 0. The third-order valence-electron chi connectivity index (χ3n) is 4.12. The Hall–Kier alpha value is -2.41. The van der Waals surface area contributed by atoms with Gasteiger partial charge in [0.15, 0.2) is 0 Å².